The standard InChI is InChI=1S/C26H43N3O5SSi/c1-19(29-35(31,32)22-11-10-21-18-28-14-12-20(21)16-22)17-27-15-13-23(24(30)33-25(2,3)4)34-36(8,9)26(5,6)7/h10-12,14,16,18-19,23,27,29H,13,15,17H2,1-9H3. The third-order valence-corrected chi connectivity index (χ3v) is 12.3. The Morgan fingerprint density at radius 3 is 2.36 bits per heavy atom. The maximum Gasteiger partial charge on any atom is 0.334 e. The van der Waals surface area contributed by atoms with Crippen molar-refractivity contribution in [3.63, 3.8) is 0 Å². The first-order valence-electron chi connectivity index (χ1n) is 12.4. The van der Waals surface area contributed by atoms with Crippen molar-refractivity contribution < 1.29 is 22.4 Å². The molecule has 202 valence electrons. The number of hydrogen-bond acceptors (Lipinski definition) is 7. The van der Waals surface area contributed by atoms with E-state index in [1.807, 2.05) is 20.8 Å². The van der Waals surface area contributed by atoms with Gasteiger partial charge in [-0.25, -0.2) is 17.9 Å². The van der Waals surface area contributed by atoms with E-state index in [-0.39, 0.29) is 21.9 Å². The molecule has 8 nitrogen and oxygen atoms in total. The molecule has 1 heterocycles. The van der Waals surface area contributed by atoms with Crippen LogP contribution in [0.25, 0.3) is 10.8 Å². The molecule has 2 atom stereocenters. The van der Waals surface area contributed by atoms with E-state index in [9.17, 15) is 13.2 Å². The van der Waals surface area contributed by atoms with Crippen molar-refractivity contribution in [3.05, 3.63) is 36.7 Å². The van der Waals surface area contributed by atoms with Gasteiger partial charge in [0, 0.05) is 30.4 Å². The number of rotatable bonds is 11. The van der Waals surface area contributed by atoms with Crippen molar-refractivity contribution in [1.82, 2.24) is 15.0 Å². The fraction of sp³-hybridized carbons (Fsp3) is 0.615. The van der Waals surface area contributed by atoms with Gasteiger partial charge in [0.2, 0.25) is 10.0 Å². The number of fused-ring (bicyclic) bond motifs is 1. The van der Waals surface area contributed by atoms with E-state index in [1.165, 1.54) is 0 Å². The maximum atomic E-state index is 12.9. The van der Waals surface area contributed by atoms with Crippen molar-refractivity contribution in [2.75, 3.05) is 13.1 Å². The molecule has 0 aliphatic heterocycles. The molecule has 0 aliphatic rings. The lowest BCUT2D eigenvalue weighted by Crippen LogP contribution is -2.48. The van der Waals surface area contributed by atoms with Gasteiger partial charge in [0.05, 0.1) is 4.90 Å². The molecule has 2 N–H and O–H groups in total. The minimum Gasteiger partial charge on any atom is -0.458 e. The van der Waals surface area contributed by atoms with Gasteiger partial charge in [-0.05, 0) is 82.4 Å². The normalized spacial score (nSPS) is 15.0. The van der Waals surface area contributed by atoms with Gasteiger partial charge < -0.3 is 14.5 Å². The summed E-state index contributed by atoms with van der Waals surface area (Å²) in [6.45, 7) is 18.8. The summed E-state index contributed by atoms with van der Waals surface area (Å²) in [6.07, 6.45) is 3.08. The average molecular weight is 538 g/mol. The van der Waals surface area contributed by atoms with E-state index in [0.717, 1.165) is 10.8 Å². The maximum absolute atomic E-state index is 12.9. The molecule has 0 amide bonds. The van der Waals surface area contributed by atoms with Crippen LogP contribution in [0, 0.1) is 0 Å². The van der Waals surface area contributed by atoms with Gasteiger partial charge in [-0.3, -0.25) is 4.98 Å². The Morgan fingerprint density at radius 2 is 1.75 bits per heavy atom. The van der Waals surface area contributed by atoms with E-state index in [2.05, 4.69) is 48.9 Å². The summed E-state index contributed by atoms with van der Waals surface area (Å²) in [6, 6.07) is 6.40. The van der Waals surface area contributed by atoms with Crippen molar-refractivity contribution in [3.8, 4) is 0 Å². The number of pyridine rings is 1. The second-order valence-corrected chi connectivity index (χ2v) is 18.3. The number of esters is 1. The monoisotopic (exact) mass is 537 g/mol. The van der Waals surface area contributed by atoms with Crippen molar-refractivity contribution in [2.45, 2.75) is 95.7 Å². The Hall–Kier alpha value is -1.85. The van der Waals surface area contributed by atoms with Crippen LogP contribution >= 0.6 is 0 Å². The molecule has 0 saturated carbocycles. The van der Waals surface area contributed by atoms with Gasteiger partial charge >= 0.3 is 5.97 Å². The molecule has 10 heteroatoms. The van der Waals surface area contributed by atoms with Gasteiger partial charge in [-0.15, -0.1) is 0 Å². The molecule has 2 aromatic rings. The van der Waals surface area contributed by atoms with Crippen LogP contribution in [-0.4, -0.2) is 58.5 Å². The molecule has 0 aliphatic carbocycles. The third-order valence-electron chi connectivity index (χ3n) is 6.23. The van der Waals surface area contributed by atoms with Crippen molar-refractivity contribution in [2.24, 2.45) is 0 Å². The Kier molecular flexibility index (Phi) is 9.86. The lowest BCUT2D eigenvalue weighted by Gasteiger charge is -2.39. The van der Waals surface area contributed by atoms with E-state index >= 15 is 0 Å². The largest absolute Gasteiger partial charge is 0.458 e. The zero-order chi connectivity index (χ0) is 27.4. The zero-order valence-electron chi connectivity index (χ0n) is 23.1. The van der Waals surface area contributed by atoms with Gasteiger partial charge in [-0.1, -0.05) is 26.8 Å². The van der Waals surface area contributed by atoms with Gasteiger partial charge in [0.15, 0.2) is 8.32 Å². The lowest BCUT2D eigenvalue weighted by atomic mass is 10.2. The second-order valence-electron chi connectivity index (χ2n) is 11.8. The molecule has 1 aromatic carbocycles. The van der Waals surface area contributed by atoms with Crippen molar-refractivity contribution >= 4 is 35.1 Å². The van der Waals surface area contributed by atoms with Gasteiger partial charge in [-0.2, -0.15) is 0 Å². The predicted molar refractivity (Wildman–Crippen MR) is 147 cm³/mol. The smallest absolute Gasteiger partial charge is 0.334 e. The van der Waals surface area contributed by atoms with E-state index in [0.29, 0.717) is 19.5 Å². The summed E-state index contributed by atoms with van der Waals surface area (Å²) in [5.74, 6) is -0.366. The zero-order valence-corrected chi connectivity index (χ0v) is 25.0. The molecule has 0 spiro atoms. The minimum atomic E-state index is -3.68. The highest BCUT2D eigenvalue weighted by atomic mass is 32.2. The topological polar surface area (TPSA) is 107 Å². The molecule has 1 aromatic heterocycles. The van der Waals surface area contributed by atoms with E-state index in [1.54, 1.807) is 43.6 Å². The highest BCUT2D eigenvalue weighted by molar-refractivity contribution is 7.89. The average Bonchev–Trinajstić information content (AvgIpc) is 2.73. The van der Waals surface area contributed by atoms with Gasteiger partial charge in [0.25, 0.3) is 0 Å². The van der Waals surface area contributed by atoms with Crippen LogP contribution in [0.15, 0.2) is 41.6 Å². The van der Waals surface area contributed by atoms with Crippen LogP contribution in [0.1, 0.15) is 54.9 Å². The number of hydrogen-bond donors (Lipinski definition) is 2. The fourth-order valence-corrected chi connectivity index (χ4v) is 5.84. The summed E-state index contributed by atoms with van der Waals surface area (Å²) in [7, 11) is -5.88. The number of carbonyl (C=O) groups is 1. The number of aromatic nitrogens is 1. The highest BCUT2D eigenvalue weighted by Gasteiger charge is 2.41. The highest BCUT2D eigenvalue weighted by Crippen LogP contribution is 2.37. The van der Waals surface area contributed by atoms with Gasteiger partial charge in [0.1, 0.15) is 11.7 Å². The summed E-state index contributed by atoms with van der Waals surface area (Å²) < 4.78 is 40.5. The van der Waals surface area contributed by atoms with Crippen LogP contribution in [0.3, 0.4) is 0 Å². The first kappa shape index (κ1) is 30.4. The molecule has 2 unspecified atom stereocenters. The van der Waals surface area contributed by atoms with Crippen LogP contribution in [0.4, 0.5) is 0 Å². The Bertz CT molecular complexity index is 1140. The van der Waals surface area contributed by atoms with Crippen LogP contribution in [-0.2, 0) is 24.0 Å². The molecule has 36 heavy (non-hydrogen) atoms. The predicted octanol–water partition coefficient (Wildman–Crippen LogP) is 4.61. The number of nitrogens with one attached hydrogen (secondary N) is 2. The quantitative estimate of drug-likeness (QED) is 0.245. The molecular weight excluding hydrogens is 494 g/mol. The number of sulfonamides is 1. The summed E-state index contributed by atoms with van der Waals surface area (Å²) in [5, 5.41) is 4.90. The Labute approximate surface area is 217 Å². The number of ether oxygens (including phenoxy) is 1. The van der Waals surface area contributed by atoms with Crippen LogP contribution in [0.5, 0.6) is 0 Å². The fourth-order valence-electron chi connectivity index (χ4n) is 3.28. The molecule has 0 radical (unpaired) electrons. The molecule has 0 bridgehead atoms. The summed E-state index contributed by atoms with van der Waals surface area (Å²) >= 11 is 0. The number of carbonyl (C=O) groups excluding carboxylic acids is 1. The minimum absolute atomic E-state index is 0.0488. The second kappa shape index (κ2) is 11.7. The number of nitrogens with zero attached hydrogens (tertiary/aromatic N) is 1. The first-order chi connectivity index (χ1) is 16.4. The summed E-state index contributed by atoms with van der Waals surface area (Å²) in [5.41, 5.74) is -0.606. The summed E-state index contributed by atoms with van der Waals surface area (Å²) in [4.78, 5) is 17.1. The third kappa shape index (κ3) is 8.91. The Balaban J connectivity index is 1.96. The molecule has 2 rings (SSSR count). The van der Waals surface area contributed by atoms with Crippen LogP contribution in [0.2, 0.25) is 18.1 Å². The Morgan fingerprint density at radius 1 is 1.08 bits per heavy atom. The van der Waals surface area contributed by atoms with Crippen molar-refractivity contribution in [1.29, 1.82) is 0 Å². The molecule has 0 saturated heterocycles. The molecular formula is C26H43N3O5SSi. The first-order valence-corrected chi connectivity index (χ1v) is 16.8. The van der Waals surface area contributed by atoms with Crippen LogP contribution < -0.4 is 10.0 Å². The SMILES string of the molecule is CC(CNCCC(O[Si](C)(C)C(C)(C)C)C(=O)OC(C)(C)C)NS(=O)(=O)c1ccc2cnccc2c1. The van der Waals surface area contributed by atoms with E-state index in [4.69, 9.17) is 9.16 Å². The van der Waals surface area contributed by atoms with E-state index < -0.39 is 30.0 Å². The molecule has 0 fully saturated rings. The lowest BCUT2D eigenvalue weighted by molar-refractivity contribution is -0.164. The number of benzene rings is 1.